The fraction of sp³-hybridized carbons (Fsp3) is 0.0769. The van der Waals surface area contributed by atoms with E-state index in [9.17, 15) is 4.79 Å². The van der Waals surface area contributed by atoms with Crippen molar-refractivity contribution in [2.24, 2.45) is 0 Å². The topological polar surface area (TPSA) is 42.0 Å². The number of anilines is 1. The molecule has 5 heteroatoms. The molecule has 92 valence electrons. The number of halogens is 2. The maximum absolute atomic E-state index is 12.0. The second-order valence-electron chi connectivity index (χ2n) is 3.76. The molecule has 2 rings (SSSR count). The van der Waals surface area contributed by atoms with Gasteiger partial charge in [0.15, 0.2) is 0 Å². The lowest BCUT2D eigenvalue weighted by Gasteiger charge is -2.07. The molecule has 1 amide bonds. The molecule has 0 aliphatic heterocycles. The molecule has 1 N–H and O–H groups in total. The molecule has 0 spiro atoms. The van der Waals surface area contributed by atoms with Crippen LogP contribution in [0.15, 0.2) is 41.1 Å². The van der Waals surface area contributed by atoms with Crippen LogP contribution in [0.25, 0.3) is 0 Å². The van der Waals surface area contributed by atoms with Crippen LogP contribution in [-0.4, -0.2) is 10.9 Å². The molecule has 1 aromatic heterocycles. The number of carbonyl (C=O) groups excluding carboxylic acids is 1. The number of benzene rings is 1. The Kier molecular flexibility index (Phi) is 3.99. The maximum Gasteiger partial charge on any atom is 0.257 e. The monoisotopic (exact) mass is 324 g/mol. The van der Waals surface area contributed by atoms with Crippen LogP contribution in [-0.2, 0) is 0 Å². The first-order valence-corrected chi connectivity index (χ1v) is 6.43. The highest BCUT2D eigenvalue weighted by atomic mass is 79.9. The summed E-state index contributed by atoms with van der Waals surface area (Å²) in [6.07, 6.45) is 1.58. The van der Waals surface area contributed by atoms with E-state index in [1.807, 2.05) is 13.0 Å². The number of aryl methyl sites for hydroxylation is 1. The minimum atomic E-state index is -0.243. The van der Waals surface area contributed by atoms with Gasteiger partial charge in [-0.25, -0.2) is 4.98 Å². The van der Waals surface area contributed by atoms with Crippen molar-refractivity contribution in [3.05, 3.63) is 57.3 Å². The van der Waals surface area contributed by atoms with E-state index in [0.29, 0.717) is 20.9 Å². The van der Waals surface area contributed by atoms with Crippen molar-refractivity contribution in [2.75, 3.05) is 5.32 Å². The van der Waals surface area contributed by atoms with E-state index in [1.54, 1.807) is 30.5 Å². The summed E-state index contributed by atoms with van der Waals surface area (Å²) >= 11 is 9.33. The number of rotatable bonds is 2. The Hall–Kier alpha value is -1.39. The van der Waals surface area contributed by atoms with Crippen molar-refractivity contribution < 1.29 is 4.79 Å². The number of carbonyl (C=O) groups is 1. The van der Waals surface area contributed by atoms with Crippen LogP contribution in [0.3, 0.4) is 0 Å². The molecule has 0 fully saturated rings. The summed E-state index contributed by atoms with van der Waals surface area (Å²) in [6, 6.07) is 8.87. The lowest BCUT2D eigenvalue weighted by atomic mass is 10.1. The Balaban J connectivity index is 2.22. The van der Waals surface area contributed by atoms with Gasteiger partial charge in [-0.1, -0.05) is 23.7 Å². The standard InChI is InChI=1S/C13H10BrClN2O/c1-8-3-2-4-10(12(8)15)13(18)17-9-5-6-11(14)16-7-9/h2-7H,1H3,(H,17,18). The summed E-state index contributed by atoms with van der Waals surface area (Å²) in [6.45, 7) is 1.86. The van der Waals surface area contributed by atoms with Gasteiger partial charge in [0.05, 0.1) is 22.5 Å². The van der Waals surface area contributed by atoms with Gasteiger partial charge in [0.1, 0.15) is 4.60 Å². The number of aromatic nitrogens is 1. The number of nitrogens with zero attached hydrogens (tertiary/aromatic N) is 1. The van der Waals surface area contributed by atoms with Crippen molar-refractivity contribution in [3.8, 4) is 0 Å². The summed E-state index contributed by atoms with van der Waals surface area (Å²) in [7, 11) is 0. The van der Waals surface area contributed by atoms with Crippen molar-refractivity contribution in [1.82, 2.24) is 4.98 Å². The van der Waals surface area contributed by atoms with E-state index in [1.165, 1.54) is 0 Å². The maximum atomic E-state index is 12.0. The molecular weight excluding hydrogens is 316 g/mol. The van der Waals surface area contributed by atoms with Crippen LogP contribution in [0.1, 0.15) is 15.9 Å². The molecule has 0 saturated heterocycles. The minimum Gasteiger partial charge on any atom is -0.321 e. The smallest absolute Gasteiger partial charge is 0.257 e. The third-order valence-corrected chi connectivity index (χ3v) is 3.39. The molecule has 0 radical (unpaired) electrons. The molecule has 18 heavy (non-hydrogen) atoms. The number of amides is 1. The molecule has 3 nitrogen and oxygen atoms in total. The summed E-state index contributed by atoms with van der Waals surface area (Å²) in [5.74, 6) is -0.243. The SMILES string of the molecule is Cc1cccc(C(=O)Nc2ccc(Br)nc2)c1Cl. The predicted octanol–water partition coefficient (Wildman–Crippen LogP) is 4.06. The fourth-order valence-corrected chi connectivity index (χ4v) is 1.92. The highest BCUT2D eigenvalue weighted by Crippen LogP contribution is 2.21. The zero-order valence-electron chi connectivity index (χ0n) is 9.58. The van der Waals surface area contributed by atoms with Gasteiger partial charge in [0.2, 0.25) is 0 Å². The zero-order valence-corrected chi connectivity index (χ0v) is 11.9. The van der Waals surface area contributed by atoms with Gasteiger partial charge >= 0.3 is 0 Å². The van der Waals surface area contributed by atoms with E-state index in [-0.39, 0.29) is 5.91 Å². The first kappa shape index (κ1) is 13.1. The summed E-state index contributed by atoms with van der Waals surface area (Å²) in [5, 5.41) is 3.22. The summed E-state index contributed by atoms with van der Waals surface area (Å²) in [4.78, 5) is 16.1. The lowest BCUT2D eigenvalue weighted by molar-refractivity contribution is 0.102. The molecular formula is C13H10BrClN2O. The van der Waals surface area contributed by atoms with E-state index >= 15 is 0 Å². The molecule has 0 aliphatic rings. The third kappa shape index (κ3) is 2.89. The van der Waals surface area contributed by atoms with Crippen molar-refractivity contribution in [1.29, 1.82) is 0 Å². The Labute approximate surface area is 118 Å². The number of pyridine rings is 1. The Bertz CT molecular complexity index is 584. The van der Waals surface area contributed by atoms with Gasteiger partial charge in [0, 0.05) is 0 Å². The van der Waals surface area contributed by atoms with E-state index in [2.05, 4.69) is 26.2 Å². The van der Waals surface area contributed by atoms with Crippen LogP contribution in [0, 0.1) is 6.92 Å². The largest absolute Gasteiger partial charge is 0.321 e. The molecule has 0 atom stereocenters. The number of hydrogen-bond donors (Lipinski definition) is 1. The summed E-state index contributed by atoms with van der Waals surface area (Å²) in [5.41, 5.74) is 1.96. The molecule has 2 aromatic rings. The van der Waals surface area contributed by atoms with Crippen molar-refractivity contribution in [3.63, 3.8) is 0 Å². The van der Waals surface area contributed by atoms with Crippen molar-refractivity contribution in [2.45, 2.75) is 6.92 Å². The second-order valence-corrected chi connectivity index (χ2v) is 4.95. The minimum absolute atomic E-state index is 0.243. The molecule has 0 bridgehead atoms. The fourth-order valence-electron chi connectivity index (χ4n) is 1.47. The molecule has 0 aliphatic carbocycles. The van der Waals surface area contributed by atoms with E-state index in [4.69, 9.17) is 11.6 Å². The normalized spacial score (nSPS) is 10.2. The average Bonchev–Trinajstić information content (AvgIpc) is 2.35. The first-order valence-electron chi connectivity index (χ1n) is 5.26. The Morgan fingerprint density at radius 1 is 1.33 bits per heavy atom. The quantitative estimate of drug-likeness (QED) is 0.846. The van der Waals surface area contributed by atoms with Gasteiger partial charge in [-0.05, 0) is 46.6 Å². The van der Waals surface area contributed by atoms with Gasteiger partial charge in [-0.15, -0.1) is 0 Å². The Morgan fingerprint density at radius 2 is 2.11 bits per heavy atom. The van der Waals surface area contributed by atoms with Gasteiger partial charge in [0.25, 0.3) is 5.91 Å². The molecule has 1 heterocycles. The van der Waals surface area contributed by atoms with Crippen LogP contribution < -0.4 is 5.32 Å². The van der Waals surface area contributed by atoms with Crippen LogP contribution >= 0.6 is 27.5 Å². The third-order valence-electron chi connectivity index (χ3n) is 2.42. The lowest BCUT2D eigenvalue weighted by Crippen LogP contribution is -2.12. The van der Waals surface area contributed by atoms with Gasteiger partial charge in [-0.2, -0.15) is 0 Å². The first-order chi connectivity index (χ1) is 8.58. The number of hydrogen-bond acceptors (Lipinski definition) is 2. The van der Waals surface area contributed by atoms with Gasteiger partial charge in [-0.3, -0.25) is 4.79 Å². The van der Waals surface area contributed by atoms with Gasteiger partial charge < -0.3 is 5.32 Å². The zero-order chi connectivity index (χ0) is 13.1. The van der Waals surface area contributed by atoms with Crippen LogP contribution in [0.5, 0.6) is 0 Å². The van der Waals surface area contributed by atoms with Crippen LogP contribution in [0.2, 0.25) is 5.02 Å². The highest BCUT2D eigenvalue weighted by molar-refractivity contribution is 9.10. The predicted molar refractivity (Wildman–Crippen MR) is 76.1 cm³/mol. The number of nitrogens with one attached hydrogen (secondary N) is 1. The molecule has 0 saturated carbocycles. The van der Waals surface area contributed by atoms with E-state index < -0.39 is 0 Å². The Morgan fingerprint density at radius 3 is 2.78 bits per heavy atom. The average molecular weight is 326 g/mol. The van der Waals surface area contributed by atoms with Crippen molar-refractivity contribution >= 4 is 39.1 Å². The highest BCUT2D eigenvalue weighted by Gasteiger charge is 2.11. The molecule has 1 aromatic carbocycles. The molecule has 0 unspecified atom stereocenters. The summed E-state index contributed by atoms with van der Waals surface area (Å²) < 4.78 is 0.717. The second kappa shape index (κ2) is 5.50. The van der Waals surface area contributed by atoms with Crippen LogP contribution in [0.4, 0.5) is 5.69 Å². The van der Waals surface area contributed by atoms with E-state index in [0.717, 1.165) is 5.56 Å².